The first-order valence-electron chi connectivity index (χ1n) is 6.33. The first-order valence-corrected chi connectivity index (χ1v) is 9.83. The van der Waals surface area contributed by atoms with Crippen molar-refractivity contribution in [3.05, 3.63) is 54.4 Å². The lowest BCUT2D eigenvalue weighted by Gasteiger charge is -2.10. The number of rotatable bonds is 4. The van der Waals surface area contributed by atoms with Gasteiger partial charge in [-0.3, -0.25) is 4.98 Å². The van der Waals surface area contributed by atoms with Crippen molar-refractivity contribution < 1.29 is 12.6 Å². The maximum Gasteiger partial charge on any atom is 0.340 e. The van der Waals surface area contributed by atoms with Gasteiger partial charge in [0.05, 0.1) is 4.58 Å². The summed E-state index contributed by atoms with van der Waals surface area (Å²) in [5.41, 5.74) is 1.19. The van der Waals surface area contributed by atoms with Crippen molar-refractivity contribution in [2.24, 2.45) is 0 Å². The van der Waals surface area contributed by atoms with Crippen LogP contribution in [0.15, 0.2) is 53.7 Å². The van der Waals surface area contributed by atoms with Gasteiger partial charge in [-0.15, -0.1) is 23.5 Å². The monoisotopic (exact) mass is 339 g/mol. The second kappa shape index (κ2) is 6.29. The molecule has 1 aliphatic rings. The van der Waals surface area contributed by atoms with E-state index in [9.17, 15) is 8.42 Å². The standard InChI is InChI=1S/C14H13NO3S3/c16-21(17,13-2-1-7-15-10-13)18-12-5-3-11(4-6-12)14-19-8-9-20-14/h1-7,10,14H,8-9H2. The Hall–Kier alpha value is -1.18. The van der Waals surface area contributed by atoms with Gasteiger partial charge >= 0.3 is 10.1 Å². The summed E-state index contributed by atoms with van der Waals surface area (Å²) in [5, 5.41) is 0. The van der Waals surface area contributed by atoms with Crippen molar-refractivity contribution in [2.75, 3.05) is 11.5 Å². The van der Waals surface area contributed by atoms with Crippen LogP contribution in [-0.4, -0.2) is 24.9 Å². The predicted molar refractivity (Wildman–Crippen MR) is 86.1 cm³/mol. The van der Waals surface area contributed by atoms with Crippen molar-refractivity contribution in [2.45, 2.75) is 9.48 Å². The maximum atomic E-state index is 12.1. The molecule has 0 aliphatic carbocycles. The minimum absolute atomic E-state index is 0.0518. The van der Waals surface area contributed by atoms with E-state index < -0.39 is 10.1 Å². The van der Waals surface area contributed by atoms with Crippen LogP contribution >= 0.6 is 23.5 Å². The normalized spacial score (nSPS) is 16.0. The molecule has 1 aromatic carbocycles. The van der Waals surface area contributed by atoms with Crippen LogP contribution in [0.1, 0.15) is 10.1 Å². The van der Waals surface area contributed by atoms with Crippen molar-refractivity contribution in [3.8, 4) is 5.75 Å². The fraction of sp³-hybridized carbons (Fsp3) is 0.214. The Morgan fingerprint density at radius 3 is 2.43 bits per heavy atom. The minimum atomic E-state index is -3.82. The molecule has 0 spiro atoms. The highest BCUT2D eigenvalue weighted by Gasteiger charge is 2.19. The molecule has 1 saturated heterocycles. The molecule has 1 aromatic heterocycles. The molecule has 0 amide bonds. The van der Waals surface area contributed by atoms with E-state index in [0.29, 0.717) is 10.3 Å². The zero-order valence-electron chi connectivity index (χ0n) is 11.0. The lowest BCUT2D eigenvalue weighted by atomic mass is 10.2. The lowest BCUT2D eigenvalue weighted by Crippen LogP contribution is -2.09. The highest BCUT2D eigenvalue weighted by atomic mass is 32.2. The van der Waals surface area contributed by atoms with Gasteiger partial charge in [0, 0.05) is 23.9 Å². The van der Waals surface area contributed by atoms with E-state index >= 15 is 0 Å². The quantitative estimate of drug-likeness (QED) is 0.797. The van der Waals surface area contributed by atoms with E-state index in [1.165, 1.54) is 24.0 Å². The summed E-state index contributed by atoms with van der Waals surface area (Å²) in [6.07, 6.45) is 2.79. The van der Waals surface area contributed by atoms with Crippen LogP contribution in [-0.2, 0) is 10.1 Å². The lowest BCUT2D eigenvalue weighted by molar-refractivity contribution is 0.485. The molecule has 0 bridgehead atoms. The van der Waals surface area contributed by atoms with Crippen molar-refractivity contribution in [3.63, 3.8) is 0 Å². The average Bonchev–Trinajstić information content (AvgIpc) is 3.03. The number of thioether (sulfide) groups is 2. The zero-order valence-corrected chi connectivity index (χ0v) is 13.5. The number of aromatic nitrogens is 1. The third kappa shape index (κ3) is 3.53. The number of hydrogen-bond acceptors (Lipinski definition) is 6. The molecule has 1 aliphatic heterocycles. The van der Waals surface area contributed by atoms with Crippen molar-refractivity contribution >= 4 is 33.6 Å². The molecule has 0 atom stereocenters. The average molecular weight is 339 g/mol. The Bertz CT molecular complexity index is 696. The largest absolute Gasteiger partial charge is 0.379 e. The first-order chi connectivity index (χ1) is 10.1. The second-order valence-electron chi connectivity index (χ2n) is 4.37. The van der Waals surface area contributed by atoms with Crippen LogP contribution < -0.4 is 4.18 Å². The summed E-state index contributed by atoms with van der Waals surface area (Å²) in [6, 6.07) is 10.3. The molecule has 2 aromatic rings. The molecule has 0 saturated carbocycles. The third-order valence-corrected chi connectivity index (χ3v) is 7.24. The molecule has 0 unspecified atom stereocenters. The number of benzene rings is 1. The summed E-state index contributed by atoms with van der Waals surface area (Å²) >= 11 is 3.81. The van der Waals surface area contributed by atoms with E-state index in [1.54, 1.807) is 18.2 Å². The predicted octanol–water partition coefficient (Wildman–Crippen LogP) is 3.33. The number of hydrogen-bond donors (Lipinski definition) is 0. The SMILES string of the molecule is O=S(=O)(Oc1ccc(C2SCCS2)cc1)c1cccnc1. The molecule has 0 radical (unpaired) electrons. The minimum Gasteiger partial charge on any atom is -0.379 e. The molecule has 4 nitrogen and oxygen atoms in total. The highest BCUT2D eigenvalue weighted by Crippen LogP contribution is 2.45. The fourth-order valence-electron chi connectivity index (χ4n) is 1.90. The Balaban J connectivity index is 1.76. The molecule has 1 fully saturated rings. The van der Waals surface area contributed by atoms with E-state index in [-0.39, 0.29) is 4.90 Å². The Labute approximate surface area is 132 Å². The van der Waals surface area contributed by atoms with Crippen molar-refractivity contribution in [1.82, 2.24) is 4.98 Å². The number of nitrogens with zero attached hydrogens (tertiary/aromatic N) is 1. The highest BCUT2D eigenvalue weighted by molar-refractivity contribution is 8.19. The van der Waals surface area contributed by atoms with Crippen LogP contribution in [0.3, 0.4) is 0 Å². The fourth-order valence-corrected chi connectivity index (χ4v) is 5.66. The molecule has 110 valence electrons. The van der Waals surface area contributed by atoms with Gasteiger partial charge in [0.1, 0.15) is 10.6 Å². The third-order valence-electron chi connectivity index (χ3n) is 2.90. The molecule has 0 N–H and O–H groups in total. The summed E-state index contributed by atoms with van der Waals surface area (Å²) in [5.74, 6) is 2.63. The second-order valence-corrected chi connectivity index (χ2v) is 8.64. The van der Waals surface area contributed by atoms with E-state index in [1.807, 2.05) is 35.7 Å². The van der Waals surface area contributed by atoms with Crippen molar-refractivity contribution in [1.29, 1.82) is 0 Å². The molecule has 2 heterocycles. The van der Waals surface area contributed by atoms with Gasteiger partial charge in [-0.2, -0.15) is 8.42 Å². The Morgan fingerprint density at radius 1 is 1.10 bits per heavy atom. The van der Waals surface area contributed by atoms with E-state index in [2.05, 4.69) is 4.98 Å². The molecule has 7 heteroatoms. The molecule has 21 heavy (non-hydrogen) atoms. The maximum absolute atomic E-state index is 12.1. The van der Waals surface area contributed by atoms with Gasteiger partial charge < -0.3 is 4.18 Å². The van der Waals surface area contributed by atoms with Crippen LogP contribution in [0.2, 0.25) is 0 Å². The van der Waals surface area contributed by atoms with Gasteiger partial charge in [0.25, 0.3) is 0 Å². The smallest absolute Gasteiger partial charge is 0.340 e. The van der Waals surface area contributed by atoms with Gasteiger partial charge in [0.2, 0.25) is 0 Å². The molecule has 3 rings (SSSR count). The van der Waals surface area contributed by atoms with Gasteiger partial charge in [-0.05, 0) is 29.8 Å². The van der Waals surface area contributed by atoms with E-state index in [4.69, 9.17) is 4.18 Å². The summed E-state index contributed by atoms with van der Waals surface area (Å²) in [6.45, 7) is 0. The first kappa shape index (κ1) is 14.7. The molecular formula is C14H13NO3S3. The zero-order chi connectivity index (χ0) is 14.7. The van der Waals surface area contributed by atoms with Crippen LogP contribution in [0.4, 0.5) is 0 Å². The van der Waals surface area contributed by atoms with Gasteiger partial charge in [0.15, 0.2) is 0 Å². The number of pyridine rings is 1. The summed E-state index contributed by atoms with van der Waals surface area (Å²) < 4.78 is 29.7. The van der Waals surface area contributed by atoms with Gasteiger partial charge in [-0.1, -0.05) is 12.1 Å². The Kier molecular flexibility index (Phi) is 4.42. The summed E-state index contributed by atoms with van der Waals surface area (Å²) in [4.78, 5) is 3.85. The van der Waals surface area contributed by atoms with Crippen LogP contribution in [0, 0.1) is 0 Å². The van der Waals surface area contributed by atoms with Crippen LogP contribution in [0.25, 0.3) is 0 Å². The van der Waals surface area contributed by atoms with Crippen LogP contribution in [0.5, 0.6) is 5.75 Å². The van der Waals surface area contributed by atoms with Gasteiger partial charge in [-0.25, -0.2) is 0 Å². The molecular weight excluding hydrogens is 326 g/mol. The Morgan fingerprint density at radius 2 is 1.81 bits per heavy atom. The topological polar surface area (TPSA) is 56.3 Å². The van der Waals surface area contributed by atoms with E-state index in [0.717, 1.165) is 11.5 Å². The summed E-state index contributed by atoms with van der Waals surface area (Å²) in [7, 11) is -3.82.